The molecule has 0 spiro atoms. The topological polar surface area (TPSA) is 88.4 Å². The third-order valence-electron chi connectivity index (χ3n) is 5.57. The van der Waals surface area contributed by atoms with E-state index in [4.69, 9.17) is 14.7 Å². The first-order valence-electron chi connectivity index (χ1n) is 11.1. The highest BCUT2D eigenvalue weighted by Gasteiger charge is 2.38. The molecular formula is C28H28N2O4. The number of rotatable bonds is 8. The number of benzene rings is 2. The summed E-state index contributed by atoms with van der Waals surface area (Å²) in [6.45, 7) is 5.59. The van der Waals surface area contributed by atoms with Gasteiger partial charge in [0.25, 0.3) is 0 Å². The summed E-state index contributed by atoms with van der Waals surface area (Å²) in [6, 6.07) is 19.3. The first-order chi connectivity index (χ1) is 16.4. The fourth-order valence-electron chi connectivity index (χ4n) is 3.97. The van der Waals surface area contributed by atoms with E-state index in [-0.39, 0.29) is 19.6 Å². The number of esters is 2. The van der Waals surface area contributed by atoms with Gasteiger partial charge in [0, 0.05) is 11.4 Å². The lowest BCUT2D eigenvalue weighted by Gasteiger charge is -2.31. The molecule has 1 unspecified atom stereocenters. The van der Waals surface area contributed by atoms with Crippen LogP contribution in [0, 0.1) is 18.3 Å². The minimum absolute atomic E-state index is 0.0145. The molecule has 0 aromatic heterocycles. The van der Waals surface area contributed by atoms with Crippen LogP contribution >= 0.6 is 0 Å². The van der Waals surface area contributed by atoms with Crippen molar-refractivity contribution in [3.8, 4) is 6.07 Å². The molecule has 0 radical (unpaired) electrons. The number of dihydropyridines is 1. The van der Waals surface area contributed by atoms with Gasteiger partial charge in [-0.15, -0.1) is 0 Å². The Morgan fingerprint density at radius 1 is 0.941 bits per heavy atom. The Labute approximate surface area is 200 Å². The van der Waals surface area contributed by atoms with Crippen LogP contribution in [0.15, 0.2) is 83.2 Å². The first kappa shape index (κ1) is 24.5. The molecule has 6 heteroatoms. The number of hydrogen-bond acceptors (Lipinski definition) is 6. The molecule has 6 nitrogen and oxygen atoms in total. The maximum atomic E-state index is 13.3. The van der Waals surface area contributed by atoms with Gasteiger partial charge in [0.1, 0.15) is 13.2 Å². The Balaban J connectivity index is 1.90. The molecule has 1 aliphatic heterocycles. The van der Waals surface area contributed by atoms with Gasteiger partial charge in [-0.2, -0.15) is 5.26 Å². The Morgan fingerprint density at radius 3 is 2.21 bits per heavy atom. The van der Waals surface area contributed by atoms with Gasteiger partial charge in [-0.1, -0.05) is 60.7 Å². The van der Waals surface area contributed by atoms with Gasteiger partial charge in [0.05, 0.1) is 29.6 Å². The molecule has 2 aromatic rings. The number of carbonyl (C=O) groups excluding carboxylic acids is 2. The zero-order valence-corrected chi connectivity index (χ0v) is 19.6. The van der Waals surface area contributed by atoms with Gasteiger partial charge < -0.3 is 14.8 Å². The van der Waals surface area contributed by atoms with E-state index in [0.29, 0.717) is 22.5 Å². The maximum Gasteiger partial charge on any atom is 0.337 e. The number of nitriles is 1. The smallest absolute Gasteiger partial charge is 0.337 e. The number of carbonyl (C=O) groups is 2. The quantitative estimate of drug-likeness (QED) is 0.447. The van der Waals surface area contributed by atoms with E-state index in [2.05, 4.69) is 5.32 Å². The van der Waals surface area contributed by atoms with Crippen LogP contribution in [0.5, 0.6) is 0 Å². The van der Waals surface area contributed by atoms with Crippen molar-refractivity contribution in [3.63, 3.8) is 0 Å². The predicted octanol–water partition coefficient (Wildman–Crippen LogP) is 4.94. The molecule has 1 aliphatic rings. The second kappa shape index (κ2) is 11.7. The van der Waals surface area contributed by atoms with Gasteiger partial charge in [-0.25, -0.2) is 9.59 Å². The lowest BCUT2D eigenvalue weighted by molar-refractivity contribution is -0.139. The molecule has 1 heterocycles. The van der Waals surface area contributed by atoms with Crippen LogP contribution in [0.1, 0.15) is 42.9 Å². The van der Waals surface area contributed by atoms with Gasteiger partial charge >= 0.3 is 11.9 Å². The van der Waals surface area contributed by atoms with E-state index >= 15 is 0 Å². The number of nitrogens with zero attached hydrogens (tertiary/aromatic N) is 1. The van der Waals surface area contributed by atoms with Crippen molar-refractivity contribution in [1.82, 2.24) is 5.32 Å². The van der Waals surface area contributed by atoms with E-state index in [1.807, 2.05) is 73.7 Å². The molecule has 0 saturated carbocycles. The zero-order chi connectivity index (χ0) is 24.5. The Bertz CT molecular complexity index is 1190. The second-order valence-electron chi connectivity index (χ2n) is 7.95. The van der Waals surface area contributed by atoms with E-state index in [9.17, 15) is 9.59 Å². The third kappa shape index (κ3) is 5.81. The average Bonchev–Trinajstić information content (AvgIpc) is 2.82. The minimum atomic E-state index is -0.650. The van der Waals surface area contributed by atoms with Gasteiger partial charge in [0.2, 0.25) is 0 Å². The summed E-state index contributed by atoms with van der Waals surface area (Å²) in [6.07, 6.45) is 3.76. The number of hydrogen-bond donors (Lipinski definition) is 1. The molecular weight excluding hydrogens is 428 g/mol. The lowest BCUT2D eigenvalue weighted by atomic mass is 9.79. The van der Waals surface area contributed by atoms with Crippen molar-refractivity contribution < 1.29 is 19.1 Å². The summed E-state index contributed by atoms with van der Waals surface area (Å²) >= 11 is 0. The Morgan fingerprint density at radius 2 is 1.56 bits per heavy atom. The van der Waals surface area contributed by atoms with Crippen LogP contribution in [0.2, 0.25) is 0 Å². The van der Waals surface area contributed by atoms with Gasteiger partial charge in [-0.3, -0.25) is 0 Å². The van der Waals surface area contributed by atoms with Crippen LogP contribution in [0.25, 0.3) is 6.08 Å². The van der Waals surface area contributed by atoms with Crippen LogP contribution < -0.4 is 5.32 Å². The molecule has 1 atom stereocenters. The number of aryl methyl sites for hydroxylation is 1. The largest absolute Gasteiger partial charge is 0.461 e. The zero-order valence-electron chi connectivity index (χ0n) is 19.6. The van der Waals surface area contributed by atoms with E-state index in [1.54, 1.807) is 19.9 Å². The fraction of sp³-hybridized carbons (Fsp3) is 0.250. The SMILES string of the molecule is CC1=C(C(=O)OC/C=C/c2ccccc2)C(c2ccccc2C)C(C(=O)OCCC#N)=C(C)N1. The molecule has 2 aromatic carbocycles. The van der Waals surface area contributed by atoms with Crippen molar-refractivity contribution in [3.05, 3.63) is 99.9 Å². The number of allylic oxidation sites excluding steroid dienone is 2. The molecule has 0 aliphatic carbocycles. The molecule has 1 N–H and O–H groups in total. The Hall–Kier alpha value is -4.11. The molecule has 3 rings (SSSR count). The van der Waals surface area contributed by atoms with Crippen LogP contribution in [-0.2, 0) is 19.1 Å². The maximum absolute atomic E-state index is 13.3. The standard InChI is InChI=1S/C28H28N2O4/c1-19-11-7-8-15-23(19)26-24(27(31)33-17-9-14-22-12-5-4-6-13-22)20(2)30-21(3)25(26)28(32)34-18-10-16-29/h4-9,11-15,26,30H,10,17-18H2,1-3H3/b14-9+. The van der Waals surface area contributed by atoms with Crippen molar-refractivity contribution in [1.29, 1.82) is 5.26 Å². The number of nitrogens with one attached hydrogen (secondary N) is 1. The van der Waals surface area contributed by atoms with Crippen molar-refractivity contribution >= 4 is 18.0 Å². The summed E-state index contributed by atoms with van der Waals surface area (Å²) < 4.78 is 10.9. The summed E-state index contributed by atoms with van der Waals surface area (Å²) in [7, 11) is 0. The highest BCUT2D eigenvalue weighted by molar-refractivity contribution is 6.00. The molecule has 0 bridgehead atoms. The molecule has 0 saturated heterocycles. The predicted molar refractivity (Wildman–Crippen MR) is 130 cm³/mol. The monoisotopic (exact) mass is 456 g/mol. The van der Waals surface area contributed by atoms with Crippen molar-refractivity contribution in [2.45, 2.75) is 33.1 Å². The first-order valence-corrected chi connectivity index (χ1v) is 11.1. The van der Waals surface area contributed by atoms with Crippen LogP contribution in [0.3, 0.4) is 0 Å². The molecule has 174 valence electrons. The van der Waals surface area contributed by atoms with E-state index < -0.39 is 17.9 Å². The van der Waals surface area contributed by atoms with Crippen molar-refractivity contribution in [2.75, 3.05) is 13.2 Å². The summed E-state index contributed by atoms with van der Waals surface area (Å²) in [5, 5.41) is 11.9. The second-order valence-corrected chi connectivity index (χ2v) is 7.95. The average molecular weight is 457 g/mol. The van der Waals surface area contributed by atoms with Crippen molar-refractivity contribution in [2.24, 2.45) is 0 Å². The molecule has 0 fully saturated rings. The summed E-state index contributed by atoms with van der Waals surface area (Å²) in [5.41, 5.74) is 4.69. The summed E-state index contributed by atoms with van der Waals surface area (Å²) in [5.74, 6) is -1.72. The molecule has 34 heavy (non-hydrogen) atoms. The third-order valence-corrected chi connectivity index (χ3v) is 5.57. The van der Waals surface area contributed by atoms with E-state index in [0.717, 1.165) is 16.7 Å². The highest BCUT2D eigenvalue weighted by Crippen LogP contribution is 2.40. The van der Waals surface area contributed by atoms with E-state index in [1.165, 1.54) is 0 Å². The van der Waals surface area contributed by atoms with Crippen LogP contribution in [-0.4, -0.2) is 25.2 Å². The fourth-order valence-corrected chi connectivity index (χ4v) is 3.97. The minimum Gasteiger partial charge on any atom is -0.461 e. The number of ether oxygens (including phenoxy) is 2. The highest BCUT2D eigenvalue weighted by atomic mass is 16.5. The van der Waals surface area contributed by atoms with Gasteiger partial charge in [0.15, 0.2) is 0 Å². The normalized spacial score (nSPS) is 15.6. The van der Waals surface area contributed by atoms with Crippen LogP contribution in [0.4, 0.5) is 0 Å². The van der Waals surface area contributed by atoms with Gasteiger partial charge in [-0.05, 0) is 43.5 Å². The molecule has 0 amide bonds. The Kier molecular flexibility index (Phi) is 8.42. The lowest BCUT2D eigenvalue weighted by Crippen LogP contribution is -2.33. The summed E-state index contributed by atoms with van der Waals surface area (Å²) in [4.78, 5) is 26.3.